The summed E-state index contributed by atoms with van der Waals surface area (Å²) in [5.74, 6) is 0.960. The fourth-order valence-electron chi connectivity index (χ4n) is 1.97. The second-order valence-electron chi connectivity index (χ2n) is 4.22. The number of carbonyl (C=O) groups excluding carboxylic acids is 1. The van der Waals surface area contributed by atoms with Crippen LogP contribution in [-0.2, 0) is 4.79 Å². The Morgan fingerprint density at radius 1 is 1.57 bits per heavy atom. The van der Waals surface area contributed by atoms with Gasteiger partial charge in [-0.15, -0.1) is 0 Å². The minimum Gasteiger partial charge on any atom is -0.341 e. The number of carbonyl (C=O) groups is 1. The van der Waals surface area contributed by atoms with E-state index in [2.05, 4.69) is 19.2 Å². The summed E-state index contributed by atoms with van der Waals surface area (Å²) in [4.78, 5) is 13.4. The second kappa shape index (κ2) is 5.35. The summed E-state index contributed by atoms with van der Waals surface area (Å²) >= 11 is 0. The van der Waals surface area contributed by atoms with Gasteiger partial charge in [0.15, 0.2) is 0 Å². The third-order valence-corrected chi connectivity index (χ3v) is 3.29. The average molecular weight is 198 g/mol. The Hall–Kier alpha value is -0.570. The van der Waals surface area contributed by atoms with E-state index in [9.17, 15) is 4.79 Å². The molecule has 1 saturated heterocycles. The van der Waals surface area contributed by atoms with E-state index in [4.69, 9.17) is 0 Å². The smallest absolute Gasteiger partial charge is 0.222 e. The third-order valence-electron chi connectivity index (χ3n) is 3.29. The van der Waals surface area contributed by atoms with Crippen molar-refractivity contribution in [3.8, 4) is 0 Å². The van der Waals surface area contributed by atoms with Crippen molar-refractivity contribution in [3.63, 3.8) is 0 Å². The summed E-state index contributed by atoms with van der Waals surface area (Å²) < 4.78 is 0. The van der Waals surface area contributed by atoms with E-state index in [-0.39, 0.29) is 0 Å². The van der Waals surface area contributed by atoms with E-state index >= 15 is 0 Å². The van der Waals surface area contributed by atoms with Crippen molar-refractivity contribution >= 4 is 5.91 Å². The van der Waals surface area contributed by atoms with Crippen LogP contribution in [0.5, 0.6) is 0 Å². The molecule has 0 radical (unpaired) electrons. The highest BCUT2D eigenvalue weighted by atomic mass is 16.2. The van der Waals surface area contributed by atoms with E-state index in [1.807, 2.05) is 11.9 Å². The zero-order valence-electron chi connectivity index (χ0n) is 9.55. The molecule has 3 heteroatoms. The summed E-state index contributed by atoms with van der Waals surface area (Å²) in [7, 11) is 1.98. The standard InChI is InChI=1S/C11H22N2O/c1-4-9(2)10(12-3)8-13-7-5-6-11(13)14/h9-10,12H,4-8H2,1-3H3. The molecule has 0 aliphatic carbocycles. The average Bonchev–Trinajstić information content (AvgIpc) is 2.59. The number of amides is 1. The first-order valence-corrected chi connectivity index (χ1v) is 5.64. The maximum atomic E-state index is 11.4. The normalized spacial score (nSPS) is 21.4. The first-order valence-electron chi connectivity index (χ1n) is 5.64. The molecule has 1 rings (SSSR count). The summed E-state index contributed by atoms with van der Waals surface area (Å²) in [6, 6.07) is 0.446. The SMILES string of the molecule is CCC(C)C(CN1CCCC1=O)NC. The zero-order valence-corrected chi connectivity index (χ0v) is 9.55. The van der Waals surface area contributed by atoms with E-state index in [1.54, 1.807) is 0 Å². The van der Waals surface area contributed by atoms with E-state index in [0.717, 1.165) is 32.4 Å². The van der Waals surface area contributed by atoms with Crippen LogP contribution in [0.1, 0.15) is 33.1 Å². The molecule has 1 aliphatic heterocycles. The second-order valence-corrected chi connectivity index (χ2v) is 4.22. The zero-order chi connectivity index (χ0) is 10.6. The van der Waals surface area contributed by atoms with Crippen molar-refractivity contribution in [2.75, 3.05) is 20.1 Å². The van der Waals surface area contributed by atoms with Gasteiger partial charge in [-0.05, 0) is 19.4 Å². The fraction of sp³-hybridized carbons (Fsp3) is 0.909. The van der Waals surface area contributed by atoms with Crippen molar-refractivity contribution in [1.82, 2.24) is 10.2 Å². The van der Waals surface area contributed by atoms with Crippen LogP contribution in [0.4, 0.5) is 0 Å². The molecular formula is C11H22N2O. The van der Waals surface area contributed by atoms with Crippen molar-refractivity contribution in [1.29, 1.82) is 0 Å². The van der Waals surface area contributed by atoms with Gasteiger partial charge < -0.3 is 10.2 Å². The van der Waals surface area contributed by atoms with Gasteiger partial charge in [0.2, 0.25) is 5.91 Å². The van der Waals surface area contributed by atoms with Gasteiger partial charge in [-0.3, -0.25) is 4.79 Å². The van der Waals surface area contributed by atoms with Gasteiger partial charge in [-0.25, -0.2) is 0 Å². The van der Waals surface area contributed by atoms with Gasteiger partial charge in [-0.1, -0.05) is 20.3 Å². The molecule has 2 atom stereocenters. The molecule has 2 unspecified atom stereocenters. The monoisotopic (exact) mass is 198 g/mol. The van der Waals surface area contributed by atoms with Gasteiger partial charge in [0, 0.05) is 25.6 Å². The topological polar surface area (TPSA) is 32.3 Å². The maximum Gasteiger partial charge on any atom is 0.222 e. The number of likely N-dealkylation sites (N-methyl/N-ethyl adjacent to an activating group) is 1. The minimum atomic E-state index is 0.327. The van der Waals surface area contributed by atoms with Crippen LogP contribution in [-0.4, -0.2) is 37.0 Å². The molecule has 0 aromatic heterocycles. The van der Waals surface area contributed by atoms with Crippen molar-refractivity contribution < 1.29 is 4.79 Å². The number of rotatable bonds is 5. The van der Waals surface area contributed by atoms with Gasteiger partial charge in [-0.2, -0.15) is 0 Å². The number of nitrogens with one attached hydrogen (secondary N) is 1. The lowest BCUT2D eigenvalue weighted by Gasteiger charge is -2.27. The van der Waals surface area contributed by atoms with Crippen LogP contribution in [0.2, 0.25) is 0 Å². The Balaban J connectivity index is 2.43. The molecule has 1 heterocycles. The van der Waals surface area contributed by atoms with Crippen LogP contribution in [0.25, 0.3) is 0 Å². The first-order chi connectivity index (χ1) is 6.69. The van der Waals surface area contributed by atoms with E-state index in [0.29, 0.717) is 17.9 Å². The number of likely N-dealkylation sites (tertiary alicyclic amines) is 1. The Bertz CT molecular complexity index is 194. The Labute approximate surface area is 86.9 Å². The summed E-state index contributed by atoms with van der Waals surface area (Å²) in [5.41, 5.74) is 0. The molecule has 0 spiro atoms. The molecule has 14 heavy (non-hydrogen) atoms. The number of nitrogens with zero attached hydrogens (tertiary/aromatic N) is 1. The van der Waals surface area contributed by atoms with E-state index < -0.39 is 0 Å². The van der Waals surface area contributed by atoms with Crippen LogP contribution in [0, 0.1) is 5.92 Å². The van der Waals surface area contributed by atoms with Crippen LogP contribution in [0.3, 0.4) is 0 Å². The van der Waals surface area contributed by atoms with Crippen LogP contribution in [0.15, 0.2) is 0 Å². The molecule has 0 saturated carbocycles. The predicted molar refractivity (Wildman–Crippen MR) is 58.1 cm³/mol. The van der Waals surface area contributed by atoms with Crippen molar-refractivity contribution in [2.24, 2.45) is 5.92 Å². The van der Waals surface area contributed by atoms with Crippen molar-refractivity contribution in [2.45, 2.75) is 39.2 Å². The molecule has 0 aromatic rings. The number of hydrogen-bond acceptors (Lipinski definition) is 2. The molecular weight excluding hydrogens is 176 g/mol. The molecule has 3 nitrogen and oxygen atoms in total. The Kier molecular flexibility index (Phi) is 4.39. The Morgan fingerprint density at radius 2 is 2.29 bits per heavy atom. The predicted octanol–water partition coefficient (Wildman–Crippen LogP) is 1.24. The van der Waals surface area contributed by atoms with Gasteiger partial charge in [0.05, 0.1) is 0 Å². The maximum absolute atomic E-state index is 11.4. The largest absolute Gasteiger partial charge is 0.341 e. The molecule has 0 aromatic carbocycles. The van der Waals surface area contributed by atoms with Crippen LogP contribution >= 0.6 is 0 Å². The highest BCUT2D eigenvalue weighted by Gasteiger charge is 2.24. The van der Waals surface area contributed by atoms with Crippen LogP contribution < -0.4 is 5.32 Å². The Morgan fingerprint density at radius 3 is 2.71 bits per heavy atom. The molecule has 1 aliphatic rings. The molecule has 0 bridgehead atoms. The highest BCUT2D eigenvalue weighted by molar-refractivity contribution is 5.78. The molecule has 1 amide bonds. The summed E-state index contributed by atoms with van der Waals surface area (Å²) in [5, 5.41) is 3.31. The number of hydrogen-bond donors (Lipinski definition) is 1. The highest BCUT2D eigenvalue weighted by Crippen LogP contribution is 2.14. The fourth-order valence-corrected chi connectivity index (χ4v) is 1.97. The molecule has 1 fully saturated rings. The van der Waals surface area contributed by atoms with Gasteiger partial charge in [0.1, 0.15) is 0 Å². The lowest BCUT2D eigenvalue weighted by atomic mass is 9.99. The molecule has 1 N–H and O–H groups in total. The van der Waals surface area contributed by atoms with E-state index in [1.165, 1.54) is 0 Å². The quantitative estimate of drug-likeness (QED) is 0.721. The summed E-state index contributed by atoms with van der Waals surface area (Å²) in [6.45, 7) is 6.26. The van der Waals surface area contributed by atoms with Gasteiger partial charge >= 0.3 is 0 Å². The summed E-state index contributed by atoms with van der Waals surface area (Å²) in [6.07, 6.45) is 2.94. The minimum absolute atomic E-state index is 0.327. The van der Waals surface area contributed by atoms with Crippen molar-refractivity contribution in [3.05, 3.63) is 0 Å². The first kappa shape index (κ1) is 11.5. The lowest BCUT2D eigenvalue weighted by Crippen LogP contribution is -2.43. The lowest BCUT2D eigenvalue weighted by molar-refractivity contribution is -0.128. The molecule has 82 valence electrons. The van der Waals surface area contributed by atoms with Gasteiger partial charge in [0.25, 0.3) is 0 Å². The third kappa shape index (κ3) is 2.71.